The van der Waals surface area contributed by atoms with Crippen LogP contribution >= 0.6 is 0 Å². The maximum absolute atomic E-state index is 14.6. The number of ketones is 2. The molecule has 45 heavy (non-hydrogen) atoms. The molecule has 7 rings (SSSR count). The highest BCUT2D eigenvalue weighted by molar-refractivity contribution is 6.41. The van der Waals surface area contributed by atoms with Crippen LogP contribution in [0.25, 0.3) is 5.57 Å². The van der Waals surface area contributed by atoms with E-state index in [2.05, 4.69) is 0 Å². The summed E-state index contributed by atoms with van der Waals surface area (Å²) in [6.45, 7) is 3.36. The lowest BCUT2D eigenvalue weighted by Crippen LogP contribution is -2.48. The molecule has 2 saturated heterocycles. The van der Waals surface area contributed by atoms with E-state index in [-0.39, 0.29) is 58.1 Å². The first-order valence-electron chi connectivity index (χ1n) is 14.8. The fourth-order valence-electron chi connectivity index (χ4n) is 6.74. The number of esters is 1. The fourth-order valence-corrected chi connectivity index (χ4v) is 6.74. The van der Waals surface area contributed by atoms with E-state index in [0.29, 0.717) is 17.5 Å². The van der Waals surface area contributed by atoms with Gasteiger partial charge in [0, 0.05) is 23.1 Å². The molecular weight excluding hydrogens is 582 g/mol. The van der Waals surface area contributed by atoms with Crippen molar-refractivity contribution in [1.82, 2.24) is 4.90 Å². The molecule has 0 bridgehead atoms. The minimum Gasteiger partial charge on any atom is -0.508 e. The third-order valence-corrected chi connectivity index (χ3v) is 8.91. The second-order valence-corrected chi connectivity index (χ2v) is 11.9. The second kappa shape index (κ2) is 10.7. The van der Waals surface area contributed by atoms with Crippen molar-refractivity contribution in [3.8, 4) is 17.2 Å². The van der Waals surface area contributed by atoms with Gasteiger partial charge in [0.2, 0.25) is 18.3 Å². The maximum Gasteiger partial charge on any atom is 0.331 e. The summed E-state index contributed by atoms with van der Waals surface area (Å²) in [7, 11) is 0. The second-order valence-electron chi connectivity index (χ2n) is 11.9. The van der Waals surface area contributed by atoms with Crippen LogP contribution in [0.3, 0.4) is 0 Å². The predicted octanol–water partition coefficient (Wildman–Crippen LogP) is 3.30. The van der Waals surface area contributed by atoms with Gasteiger partial charge < -0.3 is 39.5 Å². The Labute approximate surface area is 257 Å². The first kappa shape index (κ1) is 29.0. The Morgan fingerprint density at radius 3 is 2.47 bits per heavy atom. The van der Waals surface area contributed by atoms with Gasteiger partial charge in [0.25, 0.3) is 0 Å². The molecule has 0 saturated carbocycles. The summed E-state index contributed by atoms with van der Waals surface area (Å²) in [5, 5.41) is 41.2. The van der Waals surface area contributed by atoms with E-state index in [9.17, 15) is 34.8 Å². The summed E-state index contributed by atoms with van der Waals surface area (Å²) in [5.41, 5.74) is 1.99. The van der Waals surface area contributed by atoms with Gasteiger partial charge in [-0.25, -0.2) is 4.79 Å². The number of ether oxygens (including phenoxy) is 3. The van der Waals surface area contributed by atoms with Gasteiger partial charge in [-0.15, -0.1) is 0 Å². The molecule has 1 aliphatic carbocycles. The summed E-state index contributed by atoms with van der Waals surface area (Å²) in [4.78, 5) is 43.9. The van der Waals surface area contributed by atoms with Gasteiger partial charge in [-0.3, -0.25) is 9.59 Å². The van der Waals surface area contributed by atoms with Crippen LogP contribution in [0.15, 0.2) is 60.3 Å². The SMILES string of the molecule is Cc1cc(O)c2c(c1)C1OC(=O)C(CCc3ccc(O)cc3)N1C1=C2C(=O)c2cccc(OC3CC(O)C(O)C(C)O3)c2C1=O. The smallest absolute Gasteiger partial charge is 0.331 e. The Bertz CT molecular complexity index is 1770. The molecule has 3 aromatic carbocycles. The van der Waals surface area contributed by atoms with Crippen molar-refractivity contribution in [2.75, 3.05) is 0 Å². The number of aromatic hydroxyl groups is 2. The van der Waals surface area contributed by atoms with Crippen LogP contribution in [-0.4, -0.2) is 73.5 Å². The topological polar surface area (TPSA) is 163 Å². The summed E-state index contributed by atoms with van der Waals surface area (Å²) < 4.78 is 17.6. The quantitative estimate of drug-likeness (QED) is 0.312. The number of hydrogen-bond donors (Lipinski definition) is 4. The van der Waals surface area contributed by atoms with Crippen molar-refractivity contribution >= 4 is 23.1 Å². The van der Waals surface area contributed by atoms with Crippen LogP contribution in [0.2, 0.25) is 0 Å². The highest BCUT2D eigenvalue weighted by atomic mass is 16.7. The summed E-state index contributed by atoms with van der Waals surface area (Å²) >= 11 is 0. The Balaban J connectivity index is 1.33. The van der Waals surface area contributed by atoms with Crippen LogP contribution in [0.5, 0.6) is 17.2 Å². The molecule has 3 heterocycles. The van der Waals surface area contributed by atoms with E-state index < -0.39 is 54.4 Å². The lowest BCUT2D eigenvalue weighted by Gasteiger charge is -2.39. The molecule has 3 aliphatic heterocycles. The zero-order valence-electron chi connectivity index (χ0n) is 24.5. The molecule has 232 valence electrons. The molecule has 6 atom stereocenters. The number of Topliss-reactive ketones (excluding diaryl/α,β-unsaturated/α-hetero) is 2. The molecule has 0 radical (unpaired) electrons. The van der Waals surface area contributed by atoms with Gasteiger partial charge in [-0.05, 0) is 68.1 Å². The van der Waals surface area contributed by atoms with Crippen LogP contribution in [0.1, 0.15) is 69.0 Å². The number of allylic oxidation sites excluding steroid dienone is 2. The van der Waals surface area contributed by atoms with Gasteiger partial charge in [-0.1, -0.05) is 24.3 Å². The van der Waals surface area contributed by atoms with Crippen molar-refractivity contribution in [2.24, 2.45) is 0 Å². The van der Waals surface area contributed by atoms with Crippen molar-refractivity contribution in [3.05, 3.63) is 93.7 Å². The summed E-state index contributed by atoms with van der Waals surface area (Å²) in [6.07, 6.45) is -4.45. The number of fused-ring (bicyclic) bond motifs is 6. The van der Waals surface area contributed by atoms with Gasteiger partial charge in [-0.2, -0.15) is 0 Å². The number of aliphatic hydroxyl groups is 2. The predicted molar refractivity (Wildman–Crippen MR) is 157 cm³/mol. The molecule has 11 heteroatoms. The third-order valence-electron chi connectivity index (χ3n) is 8.91. The number of nitrogens with zero attached hydrogens (tertiary/aromatic N) is 1. The average molecular weight is 614 g/mol. The Kier molecular flexibility index (Phi) is 6.92. The standard InChI is InChI=1S/C34H31NO10/c1-15-12-20-26(22(37)13-15)28-29(35-21(34(42)45-33(20)35)11-8-17-6-9-18(36)10-7-17)32(41)27-19(31(28)40)4-3-5-24(27)44-25-14-23(38)30(39)16(2)43-25/h3-7,9-10,12-13,16,21,23,25,30,33,36-39H,8,11,14H2,1-2H3. The van der Waals surface area contributed by atoms with Gasteiger partial charge in [0.15, 0.2) is 5.78 Å². The lowest BCUT2D eigenvalue weighted by atomic mass is 9.78. The number of aliphatic hydroxyl groups excluding tert-OH is 2. The van der Waals surface area contributed by atoms with E-state index >= 15 is 0 Å². The number of carbonyl (C=O) groups excluding carboxylic acids is 3. The van der Waals surface area contributed by atoms with E-state index in [1.165, 1.54) is 18.2 Å². The van der Waals surface area contributed by atoms with Gasteiger partial charge in [0.1, 0.15) is 35.1 Å². The molecule has 3 aromatic rings. The molecular formula is C34H31NO10. The van der Waals surface area contributed by atoms with Gasteiger partial charge >= 0.3 is 5.97 Å². The number of carbonyl (C=O) groups is 3. The van der Waals surface area contributed by atoms with Crippen LogP contribution in [0, 0.1) is 6.92 Å². The van der Waals surface area contributed by atoms with Crippen LogP contribution < -0.4 is 4.74 Å². The highest BCUT2D eigenvalue weighted by Crippen LogP contribution is 2.52. The molecule has 6 unspecified atom stereocenters. The van der Waals surface area contributed by atoms with Crippen LogP contribution in [0.4, 0.5) is 0 Å². The van der Waals surface area contributed by atoms with Crippen molar-refractivity contribution in [1.29, 1.82) is 0 Å². The molecule has 4 aliphatic rings. The molecule has 0 aromatic heterocycles. The summed E-state index contributed by atoms with van der Waals surface area (Å²) in [6, 6.07) is 13.5. The van der Waals surface area contributed by atoms with Crippen molar-refractivity contribution in [3.63, 3.8) is 0 Å². The average Bonchev–Trinajstić information content (AvgIpc) is 3.33. The first-order chi connectivity index (χ1) is 21.5. The molecule has 0 spiro atoms. The van der Waals surface area contributed by atoms with E-state index in [1.54, 1.807) is 55.1 Å². The van der Waals surface area contributed by atoms with Crippen molar-refractivity contribution in [2.45, 2.75) is 70.0 Å². The Hall–Kier alpha value is -4.71. The monoisotopic (exact) mass is 613 g/mol. The minimum absolute atomic E-state index is 0.0255. The zero-order valence-corrected chi connectivity index (χ0v) is 24.5. The zero-order chi connectivity index (χ0) is 31.7. The van der Waals surface area contributed by atoms with Crippen LogP contribution in [-0.2, 0) is 20.7 Å². The largest absolute Gasteiger partial charge is 0.508 e. The Morgan fingerprint density at radius 2 is 1.73 bits per heavy atom. The van der Waals surface area contributed by atoms with E-state index in [0.717, 1.165) is 5.56 Å². The molecule has 0 amide bonds. The minimum atomic E-state index is -1.12. The van der Waals surface area contributed by atoms with Gasteiger partial charge in [0.05, 0.1) is 23.3 Å². The van der Waals surface area contributed by atoms with Crippen molar-refractivity contribution < 1.29 is 49.0 Å². The lowest BCUT2D eigenvalue weighted by molar-refractivity contribution is -0.216. The highest BCUT2D eigenvalue weighted by Gasteiger charge is 2.54. The molecule has 11 nitrogen and oxygen atoms in total. The number of benzene rings is 3. The number of aryl methyl sites for hydroxylation is 2. The molecule has 2 fully saturated rings. The van der Waals surface area contributed by atoms with E-state index in [4.69, 9.17) is 14.2 Å². The first-order valence-corrected chi connectivity index (χ1v) is 14.8. The third kappa shape index (κ3) is 4.66. The number of rotatable bonds is 5. The fraction of sp³-hybridized carbons (Fsp3) is 0.324. The number of phenolic OH excluding ortho intramolecular Hbond substituents is 2. The Morgan fingerprint density at radius 1 is 0.978 bits per heavy atom. The number of hydrogen-bond acceptors (Lipinski definition) is 11. The number of phenols is 2. The molecule has 4 N–H and O–H groups in total. The summed E-state index contributed by atoms with van der Waals surface area (Å²) in [5.74, 6) is -1.77. The van der Waals surface area contributed by atoms with E-state index in [1.807, 2.05) is 0 Å². The normalized spacial score (nSPS) is 27.0. The maximum atomic E-state index is 14.6.